The zero-order valence-corrected chi connectivity index (χ0v) is 20.0. The number of anilines is 2. The van der Waals surface area contributed by atoms with Crippen LogP contribution in [0.1, 0.15) is 5.56 Å². The van der Waals surface area contributed by atoms with Gasteiger partial charge in [-0.1, -0.05) is 41.9 Å². The van der Waals surface area contributed by atoms with Gasteiger partial charge in [-0.15, -0.1) is 13.2 Å². The molecule has 0 radical (unpaired) electrons. The van der Waals surface area contributed by atoms with E-state index in [1.165, 1.54) is 24.1 Å². The number of ether oxygens (including phenoxy) is 1. The lowest BCUT2D eigenvalue weighted by Gasteiger charge is -2.20. The van der Waals surface area contributed by atoms with Gasteiger partial charge in [0.05, 0.1) is 0 Å². The topological polar surface area (TPSA) is 50.3 Å². The first kappa shape index (κ1) is 24.7. The van der Waals surface area contributed by atoms with Crippen molar-refractivity contribution in [2.45, 2.75) is 17.8 Å². The summed E-state index contributed by atoms with van der Waals surface area (Å²) in [6.45, 7) is 0.565. The molecule has 0 atom stereocenters. The molecule has 0 amide bonds. The highest BCUT2D eigenvalue weighted by molar-refractivity contribution is 8.00. The predicted molar refractivity (Wildman–Crippen MR) is 134 cm³/mol. The van der Waals surface area contributed by atoms with E-state index in [9.17, 15) is 13.2 Å². The van der Waals surface area contributed by atoms with Crippen LogP contribution in [0.4, 0.5) is 24.7 Å². The third kappa shape index (κ3) is 7.03. The van der Waals surface area contributed by atoms with Gasteiger partial charge in [-0.3, -0.25) is 4.98 Å². The molecule has 4 aromatic rings. The molecule has 0 aliphatic rings. The van der Waals surface area contributed by atoms with E-state index in [1.807, 2.05) is 60.5 Å². The van der Waals surface area contributed by atoms with Crippen molar-refractivity contribution in [1.82, 2.24) is 9.97 Å². The largest absolute Gasteiger partial charge is 0.573 e. The Hall–Kier alpha value is -3.43. The van der Waals surface area contributed by atoms with E-state index >= 15 is 0 Å². The highest BCUT2D eigenvalue weighted by atomic mass is 35.5. The minimum atomic E-state index is -4.71. The number of rotatable bonds is 8. The Labute approximate surface area is 210 Å². The molecule has 1 aromatic heterocycles. The molecular weight excluding hydrogens is 497 g/mol. The molecule has 0 aliphatic heterocycles. The van der Waals surface area contributed by atoms with Crippen LogP contribution >= 0.6 is 23.5 Å². The Bertz CT molecular complexity index is 1270. The van der Waals surface area contributed by atoms with Crippen molar-refractivity contribution >= 4 is 35.1 Å². The van der Waals surface area contributed by atoms with Crippen LogP contribution in [-0.4, -0.2) is 23.4 Å². The SMILES string of the molecule is CN(Cc1ccc(-c2nccnc2NSc2cccc(Cl)c2)cc1)c1ccc(OC(F)(F)F)cc1. The Morgan fingerprint density at radius 2 is 1.69 bits per heavy atom. The smallest absolute Gasteiger partial charge is 0.406 e. The summed E-state index contributed by atoms with van der Waals surface area (Å²) >= 11 is 7.45. The van der Waals surface area contributed by atoms with Crippen molar-refractivity contribution in [2.24, 2.45) is 0 Å². The van der Waals surface area contributed by atoms with E-state index in [0.717, 1.165) is 21.7 Å². The average molecular weight is 517 g/mol. The third-order valence-electron chi connectivity index (χ3n) is 4.92. The summed E-state index contributed by atoms with van der Waals surface area (Å²) in [5.41, 5.74) is 3.40. The molecule has 0 fully saturated rings. The number of alkyl halides is 3. The van der Waals surface area contributed by atoms with Crippen molar-refractivity contribution in [1.29, 1.82) is 0 Å². The normalized spacial score (nSPS) is 11.2. The van der Waals surface area contributed by atoms with E-state index in [1.54, 1.807) is 24.5 Å². The molecule has 0 saturated heterocycles. The molecule has 0 spiro atoms. The molecule has 0 saturated carbocycles. The summed E-state index contributed by atoms with van der Waals surface area (Å²) in [5.74, 6) is 0.379. The molecule has 1 N–H and O–H groups in total. The summed E-state index contributed by atoms with van der Waals surface area (Å²) in [4.78, 5) is 11.8. The lowest BCUT2D eigenvalue weighted by atomic mass is 10.1. The van der Waals surface area contributed by atoms with Crippen LogP contribution in [0.25, 0.3) is 11.3 Å². The van der Waals surface area contributed by atoms with E-state index in [2.05, 4.69) is 19.4 Å². The second-order valence-electron chi connectivity index (χ2n) is 7.51. The predicted octanol–water partition coefficient (Wildman–Crippen LogP) is 7.45. The molecular formula is C25H20ClF3N4OS. The minimum Gasteiger partial charge on any atom is -0.406 e. The molecule has 0 unspecified atom stereocenters. The fourth-order valence-electron chi connectivity index (χ4n) is 3.30. The molecule has 5 nitrogen and oxygen atoms in total. The van der Waals surface area contributed by atoms with Crippen LogP contribution in [0.5, 0.6) is 5.75 Å². The van der Waals surface area contributed by atoms with Crippen LogP contribution < -0.4 is 14.4 Å². The maximum absolute atomic E-state index is 12.4. The summed E-state index contributed by atoms with van der Waals surface area (Å²) in [6, 6.07) is 21.2. The molecule has 0 aliphatic carbocycles. The Balaban J connectivity index is 1.42. The van der Waals surface area contributed by atoms with Crippen molar-refractivity contribution in [3.05, 3.63) is 95.8 Å². The van der Waals surface area contributed by atoms with E-state index in [4.69, 9.17) is 11.6 Å². The Morgan fingerprint density at radius 3 is 2.37 bits per heavy atom. The van der Waals surface area contributed by atoms with Crippen LogP contribution in [0, 0.1) is 0 Å². The zero-order chi connectivity index (χ0) is 24.8. The molecule has 180 valence electrons. The standard InChI is InChI=1S/C25H20ClF3N4OS/c1-33(20-9-11-21(12-10-20)34-25(27,28)29)16-17-5-7-18(8-6-17)23-24(31-14-13-30-23)32-35-22-4-2-3-19(26)15-22/h2-15H,16H2,1H3,(H,31,32). The summed E-state index contributed by atoms with van der Waals surface area (Å²) in [6.07, 6.45) is -1.45. The maximum Gasteiger partial charge on any atom is 0.573 e. The molecule has 0 bridgehead atoms. The number of nitrogens with one attached hydrogen (secondary N) is 1. The third-order valence-corrected chi connectivity index (χ3v) is 5.94. The highest BCUT2D eigenvalue weighted by Crippen LogP contribution is 2.30. The van der Waals surface area contributed by atoms with Crippen molar-refractivity contribution < 1.29 is 17.9 Å². The number of hydrogen-bond acceptors (Lipinski definition) is 6. The van der Waals surface area contributed by atoms with Crippen LogP contribution in [-0.2, 0) is 6.54 Å². The van der Waals surface area contributed by atoms with Gasteiger partial charge in [-0.25, -0.2) is 4.98 Å². The lowest BCUT2D eigenvalue weighted by molar-refractivity contribution is -0.274. The highest BCUT2D eigenvalue weighted by Gasteiger charge is 2.31. The summed E-state index contributed by atoms with van der Waals surface area (Å²) in [5, 5.41) is 0.655. The molecule has 10 heteroatoms. The fourth-order valence-corrected chi connectivity index (χ4v) is 4.25. The van der Waals surface area contributed by atoms with Crippen molar-refractivity contribution in [2.75, 3.05) is 16.7 Å². The van der Waals surface area contributed by atoms with Gasteiger partial charge in [0.1, 0.15) is 11.4 Å². The average Bonchev–Trinajstić information content (AvgIpc) is 2.83. The zero-order valence-electron chi connectivity index (χ0n) is 18.5. The number of aromatic nitrogens is 2. The number of benzene rings is 3. The van der Waals surface area contributed by atoms with E-state index < -0.39 is 6.36 Å². The molecule has 1 heterocycles. The van der Waals surface area contributed by atoms with Crippen molar-refractivity contribution in [3.8, 4) is 17.0 Å². The van der Waals surface area contributed by atoms with Gasteiger partial charge in [0.25, 0.3) is 0 Å². The van der Waals surface area contributed by atoms with Crippen LogP contribution in [0.3, 0.4) is 0 Å². The first-order valence-corrected chi connectivity index (χ1v) is 11.6. The molecule has 35 heavy (non-hydrogen) atoms. The van der Waals surface area contributed by atoms with Crippen molar-refractivity contribution in [3.63, 3.8) is 0 Å². The van der Waals surface area contributed by atoms with Gasteiger partial charge in [-0.05, 0) is 60.0 Å². The first-order valence-electron chi connectivity index (χ1n) is 10.4. The summed E-state index contributed by atoms with van der Waals surface area (Å²) in [7, 11) is 1.87. The molecule has 4 rings (SSSR count). The van der Waals surface area contributed by atoms with E-state index in [-0.39, 0.29) is 5.75 Å². The van der Waals surface area contributed by atoms with Gasteiger partial charge in [0, 0.05) is 47.2 Å². The first-order chi connectivity index (χ1) is 16.8. The van der Waals surface area contributed by atoms with Crippen LogP contribution in [0.2, 0.25) is 5.02 Å². The van der Waals surface area contributed by atoms with Gasteiger partial charge in [0.2, 0.25) is 0 Å². The number of hydrogen-bond donors (Lipinski definition) is 1. The lowest BCUT2D eigenvalue weighted by Crippen LogP contribution is -2.18. The maximum atomic E-state index is 12.4. The number of nitrogens with zero attached hydrogens (tertiary/aromatic N) is 3. The second-order valence-corrected chi connectivity index (χ2v) is 8.83. The van der Waals surface area contributed by atoms with Gasteiger partial charge >= 0.3 is 6.36 Å². The fraction of sp³-hybridized carbons (Fsp3) is 0.120. The van der Waals surface area contributed by atoms with Gasteiger partial charge < -0.3 is 14.4 Å². The van der Waals surface area contributed by atoms with Gasteiger partial charge in [-0.2, -0.15) is 0 Å². The monoisotopic (exact) mass is 516 g/mol. The Morgan fingerprint density at radius 1 is 0.971 bits per heavy atom. The minimum absolute atomic E-state index is 0.249. The van der Waals surface area contributed by atoms with Crippen LogP contribution in [0.15, 0.2) is 90.1 Å². The second kappa shape index (κ2) is 10.9. The Kier molecular flexibility index (Phi) is 7.67. The quantitative estimate of drug-likeness (QED) is 0.245. The van der Waals surface area contributed by atoms with E-state index in [0.29, 0.717) is 23.1 Å². The van der Waals surface area contributed by atoms with Gasteiger partial charge in [0.15, 0.2) is 5.82 Å². The molecule has 3 aromatic carbocycles. The summed E-state index contributed by atoms with van der Waals surface area (Å²) < 4.78 is 44.2. The number of halogens is 4.